The summed E-state index contributed by atoms with van der Waals surface area (Å²) in [6.45, 7) is 0.210. The van der Waals surface area contributed by atoms with Gasteiger partial charge in [-0.05, 0) is 39.9 Å². The van der Waals surface area contributed by atoms with Crippen molar-refractivity contribution in [2.24, 2.45) is 16.9 Å². The quantitative estimate of drug-likeness (QED) is 0.176. The Labute approximate surface area is 231 Å². The standard InChI is InChI=1S/C33H26N4O3/c34-26-17-9-6-14-23(26)30(38)36-35-19-33-24-15-7-4-12-21(24)27(22-13-5-8-16-25(22)33)28-29(33)32(40)37(31(28)39)18-20-10-2-1-3-11-20/h1-17,19,27-29H,18,34H2,(H,36,38)/b35-19-/t27?,28-,29+,33?/m0/s1. The number of hydrogen-bond donors (Lipinski definition) is 2. The SMILES string of the molecule is Nc1ccccc1C(=O)N/N=C\C12c3ccccc3C(c3ccccc31)[C@@H]1C(=O)N(Cc3ccccc3)C(=O)[C@@H]12. The molecular weight excluding hydrogens is 500 g/mol. The molecule has 7 heteroatoms. The molecule has 2 bridgehead atoms. The zero-order valence-corrected chi connectivity index (χ0v) is 21.5. The van der Waals surface area contributed by atoms with Crippen LogP contribution in [0.3, 0.4) is 0 Å². The smallest absolute Gasteiger partial charge is 0.273 e. The van der Waals surface area contributed by atoms with E-state index in [2.05, 4.69) is 10.5 Å². The Morgan fingerprint density at radius 1 is 0.825 bits per heavy atom. The summed E-state index contributed by atoms with van der Waals surface area (Å²) >= 11 is 0. The summed E-state index contributed by atoms with van der Waals surface area (Å²) in [6.07, 6.45) is 1.66. The highest BCUT2D eigenvalue weighted by Crippen LogP contribution is 2.63. The van der Waals surface area contributed by atoms with E-state index in [1.54, 1.807) is 30.5 Å². The second-order valence-corrected chi connectivity index (χ2v) is 10.6. The fraction of sp³-hybridized carbons (Fsp3) is 0.152. The van der Waals surface area contributed by atoms with Gasteiger partial charge in [-0.25, -0.2) is 5.43 Å². The van der Waals surface area contributed by atoms with Gasteiger partial charge < -0.3 is 5.73 Å². The number of carbonyl (C=O) groups excluding carboxylic acids is 3. The van der Waals surface area contributed by atoms with Crippen LogP contribution < -0.4 is 11.2 Å². The Bertz CT molecular complexity index is 1670. The average Bonchev–Trinajstić information content (AvgIpc) is 3.24. The Hall–Kier alpha value is -5.04. The van der Waals surface area contributed by atoms with Crippen LogP contribution >= 0.6 is 0 Å². The number of hydrogen-bond acceptors (Lipinski definition) is 5. The van der Waals surface area contributed by atoms with Crippen molar-refractivity contribution in [1.29, 1.82) is 0 Å². The zero-order valence-electron chi connectivity index (χ0n) is 21.5. The summed E-state index contributed by atoms with van der Waals surface area (Å²) in [5, 5.41) is 4.44. The number of nitrogens with one attached hydrogen (secondary N) is 1. The average molecular weight is 527 g/mol. The number of para-hydroxylation sites is 1. The summed E-state index contributed by atoms with van der Waals surface area (Å²) in [5.41, 5.74) is 13.0. The van der Waals surface area contributed by atoms with E-state index in [4.69, 9.17) is 5.73 Å². The molecule has 196 valence electrons. The predicted molar refractivity (Wildman–Crippen MR) is 151 cm³/mol. The third kappa shape index (κ3) is 3.30. The van der Waals surface area contributed by atoms with Gasteiger partial charge in [0.1, 0.15) is 0 Å². The van der Waals surface area contributed by atoms with Crippen LogP contribution in [-0.2, 0) is 21.5 Å². The number of nitrogens with two attached hydrogens (primary N) is 1. The molecule has 1 fully saturated rings. The molecule has 0 unspecified atom stereocenters. The molecule has 0 aromatic heterocycles. The number of hydrazone groups is 1. The molecule has 2 atom stereocenters. The fourth-order valence-corrected chi connectivity index (χ4v) is 6.99. The number of nitrogen functional groups attached to an aromatic ring is 1. The van der Waals surface area contributed by atoms with Crippen LogP contribution in [0.1, 0.15) is 44.1 Å². The molecule has 3 N–H and O–H groups in total. The molecule has 40 heavy (non-hydrogen) atoms. The van der Waals surface area contributed by atoms with E-state index in [9.17, 15) is 14.4 Å². The molecule has 4 aliphatic rings. The lowest BCUT2D eigenvalue weighted by molar-refractivity contribution is -0.140. The van der Waals surface area contributed by atoms with Gasteiger partial charge in [0, 0.05) is 17.8 Å². The molecule has 0 radical (unpaired) electrons. The number of likely N-dealkylation sites (tertiary alicyclic amines) is 1. The molecule has 1 saturated heterocycles. The number of amides is 3. The number of nitrogens with zero attached hydrogens (tertiary/aromatic N) is 2. The molecule has 0 saturated carbocycles. The maximum absolute atomic E-state index is 14.3. The van der Waals surface area contributed by atoms with Crippen LogP contribution in [0.25, 0.3) is 0 Å². The molecule has 1 aliphatic heterocycles. The van der Waals surface area contributed by atoms with E-state index in [0.29, 0.717) is 11.3 Å². The van der Waals surface area contributed by atoms with Crippen LogP contribution in [0.15, 0.2) is 108 Å². The first-order valence-electron chi connectivity index (χ1n) is 13.3. The van der Waals surface area contributed by atoms with Gasteiger partial charge in [-0.1, -0.05) is 91.0 Å². The summed E-state index contributed by atoms with van der Waals surface area (Å²) in [5.74, 6) is -2.37. The van der Waals surface area contributed by atoms with Crippen LogP contribution in [0.4, 0.5) is 5.69 Å². The van der Waals surface area contributed by atoms with Gasteiger partial charge in [-0.3, -0.25) is 19.3 Å². The van der Waals surface area contributed by atoms with E-state index in [-0.39, 0.29) is 24.3 Å². The summed E-state index contributed by atoms with van der Waals surface area (Å²) in [4.78, 5) is 42.7. The summed E-state index contributed by atoms with van der Waals surface area (Å²) in [7, 11) is 0. The fourth-order valence-electron chi connectivity index (χ4n) is 6.99. The van der Waals surface area contributed by atoms with Crippen LogP contribution in [-0.4, -0.2) is 28.8 Å². The summed E-state index contributed by atoms with van der Waals surface area (Å²) in [6, 6.07) is 32.2. The topological polar surface area (TPSA) is 105 Å². The third-order valence-electron chi connectivity index (χ3n) is 8.60. The molecular formula is C33H26N4O3. The minimum atomic E-state index is -1.04. The first kappa shape index (κ1) is 24.0. The third-order valence-corrected chi connectivity index (χ3v) is 8.60. The van der Waals surface area contributed by atoms with Crippen molar-refractivity contribution in [3.05, 3.63) is 137 Å². The van der Waals surface area contributed by atoms with E-state index in [1.165, 1.54) is 4.90 Å². The van der Waals surface area contributed by atoms with Gasteiger partial charge in [0.25, 0.3) is 5.91 Å². The molecule has 7 nitrogen and oxygen atoms in total. The number of imide groups is 1. The molecule has 4 aromatic rings. The van der Waals surface area contributed by atoms with E-state index < -0.39 is 23.2 Å². The molecule has 8 rings (SSSR count). The highest BCUT2D eigenvalue weighted by Gasteiger charge is 2.67. The Morgan fingerprint density at radius 3 is 2.10 bits per heavy atom. The first-order valence-corrected chi connectivity index (χ1v) is 13.3. The van der Waals surface area contributed by atoms with Crippen molar-refractivity contribution < 1.29 is 14.4 Å². The van der Waals surface area contributed by atoms with Crippen LogP contribution in [0.5, 0.6) is 0 Å². The lowest BCUT2D eigenvalue weighted by Crippen LogP contribution is -2.54. The zero-order chi connectivity index (χ0) is 27.4. The van der Waals surface area contributed by atoms with Gasteiger partial charge in [0.15, 0.2) is 0 Å². The highest BCUT2D eigenvalue weighted by molar-refractivity contribution is 6.11. The first-order chi connectivity index (χ1) is 19.5. The van der Waals surface area contributed by atoms with Gasteiger partial charge >= 0.3 is 0 Å². The maximum Gasteiger partial charge on any atom is 0.273 e. The highest BCUT2D eigenvalue weighted by atomic mass is 16.2. The second-order valence-electron chi connectivity index (χ2n) is 10.6. The molecule has 3 aliphatic carbocycles. The van der Waals surface area contributed by atoms with Crippen molar-refractivity contribution >= 4 is 29.6 Å². The van der Waals surface area contributed by atoms with Gasteiger partial charge in [0.05, 0.1) is 29.4 Å². The summed E-state index contributed by atoms with van der Waals surface area (Å²) < 4.78 is 0. The minimum absolute atomic E-state index is 0.174. The predicted octanol–water partition coefficient (Wildman–Crippen LogP) is 4.23. The van der Waals surface area contributed by atoms with E-state index in [1.807, 2.05) is 78.9 Å². The lowest BCUT2D eigenvalue weighted by Gasteiger charge is -2.52. The Kier molecular flexibility index (Phi) is 5.42. The minimum Gasteiger partial charge on any atom is -0.398 e. The van der Waals surface area contributed by atoms with E-state index >= 15 is 0 Å². The van der Waals surface area contributed by atoms with Gasteiger partial charge in [-0.2, -0.15) is 5.10 Å². The largest absolute Gasteiger partial charge is 0.398 e. The number of anilines is 1. The van der Waals surface area contributed by atoms with Crippen molar-refractivity contribution in [3.8, 4) is 0 Å². The van der Waals surface area contributed by atoms with Crippen molar-refractivity contribution in [1.82, 2.24) is 10.3 Å². The number of rotatable bonds is 5. The van der Waals surface area contributed by atoms with Crippen LogP contribution in [0, 0.1) is 11.8 Å². The van der Waals surface area contributed by atoms with E-state index in [0.717, 1.165) is 27.8 Å². The van der Waals surface area contributed by atoms with Crippen molar-refractivity contribution in [3.63, 3.8) is 0 Å². The molecule has 3 amide bonds. The maximum atomic E-state index is 14.3. The molecule has 1 heterocycles. The monoisotopic (exact) mass is 526 g/mol. The molecule has 4 aromatic carbocycles. The van der Waals surface area contributed by atoms with Gasteiger partial charge in [-0.15, -0.1) is 0 Å². The van der Waals surface area contributed by atoms with Crippen molar-refractivity contribution in [2.45, 2.75) is 17.9 Å². The van der Waals surface area contributed by atoms with Crippen LogP contribution in [0.2, 0.25) is 0 Å². The second kappa shape index (κ2) is 9.02. The Morgan fingerprint density at radius 2 is 1.43 bits per heavy atom. The normalized spacial score (nSPS) is 24.1. The Balaban J connectivity index is 1.37. The molecule has 0 spiro atoms. The van der Waals surface area contributed by atoms with Gasteiger partial charge in [0.2, 0.25) is 11.8 Å². The number of benzene rings is 4. The number of carbonyl (C=O) groups is 3. The lowest BCUT2D eigenvalue weighted by atomic mass is 9.47. The van der Waals surface area contributed by atoms with Crippen molar-refractivity contribution in [2.75, 3.05) is 5.73 Å².